The molecule has 5 nitrogen and oxygen atoms in total. The first-order chi connectivity index (χ1) is 14.6. The van der Waals surface area contributed by atoms with Crippen LogP contribution in [0.1, 0.15) is 34.1 Å². The average Bonchev–Trinajstić information content (AvgIpc) is 3.21. The second kappa shape index (κ2) is 8.82. The minimum absolute atomic E-state index is 0.0345. The van der Waals surface area contributed by atoms with Crippen molar-refractivity contribution in [2.24, 2.45) is 0 Å². The Kier molecular flexibility index (Phi) is 5.80. The van der Waals surface area contributed by atoms with Crippen LogP contribution in [0.4, 0.5) is 0 Å². The molecule has 2 aromatic heterocycles. The summed E-state index contributed by atoms with van der Waals surface area (Å²) in [4.78, 5) is 19.1. The number of nitrogens with zero attached hydrogens (tertiary/aromatic N) is 3. The van der Waals surface area contributed by atoms with Gasteiger partial charge in [-0.15, -0.1) is 0 Å². The van der Waals surface area contributed by atoms with Crippen LogP contribution >= 0.6 is 0 Å². The maximum atomic E-state index is 12.9. The standard InChI is InChI=1S/C25H25N3O2/c1-3-19-10-12-20(13-11-19)16-27(2)25(29)21-7-6-8-23(15-21)30-18-22-17-28-14-5-4-9-24(28)26-22/h4-15,17H,3,16,18H2,1-2H3. The molecule has 0 spiro atoms. The molecule has 2 heterocycles. The lowest BCUT2D eigenvalue weighted by Crippen LogP contribution is -2.26. The lowest BCUT2D eigenvalue weighted by Gasteiger charge is -2.18. The van der Waals surface area contributed by atoms with Gasteiger partial charge in [0.1, 0.15) is 18.0 Å². The highest BCUT2D eigenvalue weighted by Crippen LogP contribution is 2.18. The maximum absolute atomic E-state index is 12.9. The predicted molar refractivity (Wildman–Crippen MR) is 118 cm³/mol. The summed E-state index contributed by atoms with van der Waals surface area (Å²) in [5, 5.41) is 0. The highest BCUT2D eigenvalue weighted by atomic mass is 16.5. The fraction of sp³-hybridized carbons (Fsp3) is 0.200. The van der Waals surface area contributed by atoms with Gasteiger partial charge in [0.25, 0.3) is 5.91 Å². The number of imidazole rings is 1. The third-order valence-corrected chi connectivity index (χ3v) is 5.08. The molecular formula is C25H25N3O2. The number of carbonyl (C=O) groups is 1. The van der Waals surface area contributed by atoms with Crippen LogP contribution in [0.15, 0.2) is 79.1 Å². The fourth-order valence-corrected chi connectivity index (χ4v) is 3.38. The van der Waals surface area contributed by atoms with Gasteiger partial charge in [0.2, 0.25) is 0 Å². The summed E-state index contributed by atoms with van der Waals surface area (Å²) in [6.45, 7) is 3.04. The number of ether oxygens (including phenoxy) is 1. The largest absolute Gasteiger partial charge is 0.487 e. The maximum Gasteiger partial charge on any atom is 0.254 e. The van der Waals surface area contributed by atoms with Crippen molar-refractivity contribution in [2.45, 2.75) is 26.5 Å². The fourth-order valence-electron chi connectivity index (χ4n) is 3.38. The monoisotopic (exact) mass is 399 g/mol. The normalized spacial score (nSPS) is 10.9. The molecule has 4 rings (SSSR count). The average molecular weight is 399 g/mol. The van der Waals surface area contributed by atoms with E-state index in [1.54, 1.807) is 11.0 Å². The first-order valence-corrected chi connectivity index (χ1v) is 10.1. The van der Waals surface area contributed by atoms with Gasteiger partial charge in [0.15, 0.2) is 0 Å². The number of benzene rings is 2. The van der Waals surface area contributed by atoms with Crippen LogP contribution in [0.25, 0.3) is 5.65 Å². The predicted octanol–water partition coefficient (Wildman–Crippen LogP) is 4.75. The van der Waals surface area contributed by atoms with Crippen molar-refractivity contribution in [2.75, 3.05) is 7.05 Å². The number of aromatic nitrogens is 2. The van der Waals surface area contributed by atoms with Gasteiger partial charge in [-0.25, -0.2) is 4.98 Å². The van der Waals surface area contributed by atoms with E-state index in [1.165, 1.54) is 5.56 Å². The zero-order chi connectivity index (χ0) is 20.9. The molecule has 0 radical (unpaired) electrons. The van der Waals surface area contributed by atoms with Gasteiger partial charge >= 0.3 is 0 Å². The second-order valence-corrected chi connectivity index (χ2v) is 7.35. The number of amides is 1. The molecule has 0 bridgehead atoms. The van der Waals surface area contributed by atoms with Crippen LogP contribution in [-0.2, 0) is 19.6 Å². The summed E-state index contributed by atoms with van der Waals surface area (Å²) in [7, 11) is 1.82. The van der Waals surface area contributed by atoms with E-state index in [-0.39, 0.29) is 5.91 Å². The Bertz CT molecular complexity index is 1120. The summed E-state index contributed by atoms with van der Waals surface area (Å²) in [5.74, 6) is 0.617. The third kappa shape index (κ3) is 4.51. The first-order valence-electron chi connectivity index (χ1n) is 10.1. The van der Waals surface area contributed by atoms with E-state index in [1.807, 2.05) is 60.2 Å². The van der Waals surface area contributed by atoms with Gasteiger partial charge in [-0.1, -0.05) is 43.3 Å². The summed E-state index contributed by atoms with van der Waals surface area (Å²) in [5.41, 5.74) is 4.74. The van der Waals surface area contributed by atoms with Crippen LogP contribution in [0.5, 0.6) is 5.75 Å². The Labute approximate surface area is 176 Å². The van der Waals surface area contributed by atoms with Crippen LogP contribution in [-0.4, -0.2) is 27.2 Å². The van der Waals surface area contributed by atoms with Gasteiger partial charge in [-0.05, 0) is 47.9 Å². The Morgan fingerprint density at radius 3 is 2.60 bits per heavy atom. The van der Waals surface area contributed by atoms with Crippen molar-refractivity contribution in [3.8, 4) is 5.75 Å². The molecule has 0 aliphatic carbocycles. The molecule has 0 fully saturated rings. The molecule has 152 valence electrons. The molecular weight excluding hydrogens is 374 g/mol. The van der Waals surface area contributed by atoms with Gasteiger partial charge in [-0.2, -0.15) is 0 Å². The number of hydrogen-bond acceptors (Lipinski definition) is 3. The summed E-state index contributed by atoms with van der Waals surface area (Å²) < 4.78 is 7.85. The smallest absolute Gasteiger partial charge is 0.254 e. The van der Waals surface area contributed by atoms with Gasteiger partial charge in [-0.3, -0.25) is 4.79 Å². The zero-order valence-electron chi connectivity index (χ0n) is 17.3. The highest BCUT2D eigenvalue weighted by molar-refractivity contribution is 5.94. The zero-order valence-corrected chi connectivity index (χ0v) is 17.3. The number of fused-ring (bicyclic) bond motifs is 1. The minimum Gasteiger partial charge on any atom is -0.487 e. The van der Waals surface area contributed by atoms with E-state index in [0.717, 1.165) is 23.3 Å². The number of rotatable bonds is 7. The van der Waals surface area contributed by atoms with Gasteiger partial charge in [0, 0.05) is 31.5 Å². The molecule has 30 heavy (non-hydrogen) atoms. The van der Waals surface area contributed by atoms with Crippen molar-refractivity contribution in [3.05, 3.63) is 102 Å². The SMILES string of the molecule is CCc1ccc(CN(C)C(=O)c2cccc(OCc3cn4ccccc4n3)c2)cc1. The van der Waals surface area contributed by atoms with E-state index in [9.17, 15) is 4.79 Å². The first kappa shape index (κ1) is 19.7. The van der Waals surface area contributed by atoms with Crippen molar-refractivity contribution >= 4 is 11.6 Å². The molecule has 4 aromatic rings. The third-order valence-electron chi connectivity index (χ3n) is 5.08. The Morgan fingerprint density at radius 1 is 1.03 bits per heavy atom. The number of aryl methyl sites for hydroxylation is 1. The highest BCUT2D eigenvalue weighted by Gasteiger charge is 2.13. The molecule has 0 saturated carbocycles. The molecule has 0 saturated heterocycles. The minimum atomic E-state index is -0.0345. The molecule has 0 aliphatic heterocycles. The van der Waals surface area contributed by atoms with E-state index in [2.05, 4.69) is 36.2 Å². The van der Waals surface area contributed by atoms with Crippen molar-refractivity contribution in [1.82, 2.24) is 14.3 Å². The number of hydrogen-bond donors (Lipinski definition) is 0. The molecule has 0 atom stereocenters. The topological polar surface area (TPSA) is 46.8 Å². The van der Waals surface area contributed by atoms with Crippen LogP contribution < -0.4 is 4.74 Å². The molecule has 0 unspecified atom stereocenters. The van der Waals surface area contributed by atoms with Crippen molar-refractivity contribution < 1.29 is 9.53 Å². The van der Waals surface area contributed by atoms with E-state index < -0.39 is 0 Å². The van der Waals surface area contributed by atoms with E-state index >= 15 is 0 Å². The van der Waals surface area contributed by atoms with Crippen LogP contribution in [0, 0.1) is 0 Å². The Morgan fingerprint density at radius 2 is 1.83 bits per heavy atom. The van der Waals surface area contributed by atoms with Crippen molar-refractivity contribution in [1.29, 1.82) is 0 Å². The van der Waals surface area contributed by atoms with E-state index in [4.69, 9.17) is 4.74 Å². The van der Waals surface area contributed by atoms with Crippen LogP contribution in [0.2, 0.25) is 0 Å². The van der Waals surface area contributed by atoms with Crippen molar-refractivity contribution in [3.63, 3.8) is 0 Å². The van der Waals surface area contributed by atoms with Crippen LogP contribution in [0.3, 0.4) is 0 Å². The molecule has 5 heteroatoms. The molecule has 2 aromatic carbocycles. The lowest BCUT2D eigenvalue weighted by molar-refractivity contribution is 0.0784. The van der Waals surface area contributed by atoms with Gasteiger partial charge in [0.05, 0.1) is 5.69 Å². The van der Waals surface area contributed by atoms with Gasteiger partial charge < -0.3 is 14.0 Å². The molecule has 1 amide bonds. The molecule has 0 aliphatic rings. The lowest BCUT2D eigenvalue weighted by atomic mass is 10.1. The second-order valence-electron chi connectivity index (χ2n) is 7.35. The Hall–Kier alpha value is -3.60. The van der Waals surface area contributed by atoms with E-state index in [0.29, 0.717) is 24.5 Å². The number of carbonyl (C=O) groups excluding carboxylic acids is 1. The summed E-state index contributed by atoms with van der Waals surface area (Å²) >= 11 is 0. The summed E-state index contributed by atoms with van der Waals surface area (Å²) in [6, 6.07) is 21.6. The number of pyridine rings is 1. The quantitative estimate of drug-likeness (QED) is 0.451. The summed E-state index contributed by atoms with van der Waals surface area (Å²) in [6.07, 6.45) is 4.91. The Balaban J connectivity index is 1.40. The molecule has 0 N–H and O–H groups in total.